The topological polar surface area (TPSA) is 48.7 Å². The second-order valence-corrected chi connectivity index (χ2v) is 5.30. The molecule has 4 nitrogen and oxygen atoms in total. The number of ether oxygens (including phenoxy) is 2. The molecule has 0 bridgehead atoms. The maximum Gasteiger partial charge on any atom is 0.201 e. The summed E-state index contributed by atoms with van der Waals surface area (Å²) in [5.74, 6) is 1.38. The van der Waals surface area contributed by atoms with Crippen molar-refractivity contribution in [1.82, 2.24) is 0 Å². The standard InChI is InChI=1S/C14H18O4/c1-10-2-3-12(18-10)13(15)11-4-6-17-14(8-11)5-7-16-9-14/h2-3,11H,4-9H2,1H3. The van der Waals surface area contributed by atoms with Crippen molar-refractivity contribution in [2.24, 2.45) is 5.92 Å². The lowest BCUT2D eigenvalue weighted by Crippen LogP contribution is -2.42. The highest BCUT2D eigenvalue weighted by molar-refractivity contribution is 5.95. The van der Waals surface area contributed by atoms with Gasteiger partial charge in [-0.15, -0.1) is 0 Å². The summed E-state index contributed by atoms with van der Waals surface area (Å²) in [7, 11) is 0. The molecule has 2 saturated heterocycles. The number of hydrogen-bond acceptors (Lipinski definition) is 4. The van der Waals surface area contributed by atoms with Gasteiger partial charge in [-0.05, 0) is 31.9 Å². The fourth-order valence-corrected chi connectivity index (χ4v) is 2.88. The van der Waals surface area contributed by atoms with Gasteiger partial charge in [0.2, 0.25) is 5.78 Å². The Morgan fingerprint density at radius 3 is 2.94 bits per heavy atom. The molecule has 4 heteroatoms. The fraction of sp³-hybridized carbons (Fsp3) is 0.643. The van der Waals surface area contributed by atoms with Gasteiger partial charge in [0.25, 0.3) is 0 Å². The van der Waals surface area contributed by atoms with Gasteiger partial charge < -0.3 is 13.9 Å². The molecule has 2 fully saturated rings. The number of carbonyl (C=O) groups excluding carboxylic acids is 1. The lowest BCUT2D eigenvalue weighted by atomic mass is 9.82. The lowest BCUT2D eigenvalue weighted by Gasteiger charge is -2.36. The lowest BCUT2D eigenvalue weighted by molar-refractivity contribution is -0.0922. The Morgan fingerprint density at radius 2 is 2.28 bits per heavy atom. The summed E-state index contributed by atoms with van der Waals surface area (Å²) >= 11 is 0. The zero-order chi connectivity index (χ0) is 12.6. The van der Waals surface area contributed by atoms with Crippen molar-refractivity contribution < 1.29 is 18.7 Å². The molecule has 1 aromatic heterocycles. The van der Waals surface area contributed by atoms with Crippen LogP contribution in [0, 0.1) is 12.8 Å². The summed E-state index contributed by atoms with van der Waals surface area (Å²) in [6.07, 6.45) is 2.43. The Bertz CT molecular complexity index is 442. The largest absolute Gasteiger partial charge is 0.458 e. The highest BCUT2D eigenvalue weighted by atomic mass is 16.6. The van der Waals surface area contributed by atoms with Gasteiger partial charge in [0.1, 0.15) is 5.76 Å². The van der Waals surface area contributed by atoms with Crippen molar-refractivity contribution in [3.8, 4) is 0 Å². The van der Waals surface area contributed by atoms with E-state index in [0.717, 1.165) is 31.6 Å². The van der Waals surface area contributed by atoms with Crippen LogP contribution < -0.4 is 0 Å². The monoisotopic (exact) mass is 250 g/mol. The van der Waals surface area contributed by atoms with Crippen molar-refractivity contribution in [2.75, 3.05) is 19.8 Å². The van der Waals surface area contributed by atoms with Crippen molar-refractivity contribution in [1.29, 1.82) is 0 Å². The van der Waals surface area contributed by atoms with Crippen molar-refractivity contribution in [3.05, 3.63) is 23.7 Å². The van der Waals surface area contributed by atoms with Crippen LogP contribution >= 0.6 is 0 Å². The summed E-state index contributed by atoms with van der Waals surface area (Å²) in [6.45, 7) is 3.85. The second kappa shape index (κ2) is 4.52. The van der Waals surface area contributed by atoms with Crippen LogP contribution in [0.3, 0.4) is 0 Å². The summed E-state index contributed by atoms with van der Waals surface area (Å²) in [5.41, 5.74) is -0.222. The third kappa shape index (κ3) is 2.10. The summed E-state index contributed by atoms with van der Waals surface area (Å²) in [4.78, 5) is 12.4. The number of hydrogen-bond donors (Lipinski definition) is 0. The van der Waals surface area contributed by atoms with Gasteiger partial charge in [0, 0.05) is 25.6 Å². The third-order valence-electron chi connectivity index (χ3n) is 3.91. The first-order chi connectivity index (χ1) is 8.69. The molecule has 0 aromatic carbocycles. The molecule has 3 heterocycles. The van der Waals surface area contributed by atoms with E-state index in [-0.39, 0.29) is 17.3 Å². The first-order valence-electron chi connectivity index (χ1n) is 6.51. The maximum absolute atomic E-state index is 12.4. The average Bonchev–Trinajstić information content (AvgIpc) is 2.98. The highest BCUT2D eigenvalue weighted by Crippen LogP contribution is 2.37. The molecule has 0 radical (unpaired) electrons. The molecular weight excluding hydrogens is 232 g/mol. The summed E-state index contributed by atoms with van der Waals surface area (Å²) in [5, 5.41) is 0. The number of carbonyl (C=O) groups is 1. The van der Waals surface area contributed by atoms with E-state index in [2.05, 4.69) is 0 Å². The highest BCUT2D eigenvalue weighted by Gasteiger charge is 2.43. The van der Waals surface area contributed by atoms with E-state index < -0.39 is 0 Å². The van der Waals surface area contributed by atoms with Gasteiger partial charge in [-0.25, -0.2) is 0 Å². The zero-order valence-electron chi connectivity index (χ0n) is 10.6. The molecule has 3 rings (SSSR count). The molecule has 0 amide bonds. The van der Waals surface area contributed by atoms with Gasteiger partial charge in [-0.3, -0.25) is 4.79 Å². The van der Waals surface area contributed by atoms with Gasteiger partial charge in [-0.1, -0.05) is 0 Å². The van der Waals surface area contributed by atoms with Gasteiger partial charge in [0.15, 0.2) is 5.76 Å². The summed E-state index contributed by atoms with van der Waals surface area (Å²) < 4.78 is 16.7. The first kappa shape index (κ1) is 11.9. The fourth-order valence-electron chi connectivity index (χ4n) is 2.88. The van der Waals surface area contributed by atoms with E-state index in [9.17, 15) is 4.79 Å². The Kier molecular flexibility index (Phi) is 2.99. The molecule has 98 valence electrons. The Hall–Kier alpha value is -1.13. The molecule has 1 aromatic rings. The van der Waals surface area contributed by atoms with Crippen molar-refractivity contribution >= 4 is 5.78 Å². The minimum absolute atomic E-state index is 0.00556. The molecule has 2 aliphatic rings. The molecule has 2 atom stereocenters. The van der Waals surface area contributed by atoms with Crippen LogP contribution in [0.25, 0.3) is 0 Å². The Labute approximate surface area is 106 Å². The van der Waals surface area contributed by atoms with E-state index in [4.69, 9.17) is 13.9 Å². The van der Waals surface area contributed by atoms with Crippen LogP contribution in [-0.4, -0.2) is 31.2 Å². The van der Waals surface area contributed by atoms with Gasteiger partial charge >= 0.3 is 0 Å². The minimum atomic E-state index is -0.222. The predicted octanol–water partition coefficient (Wildman–Crippen LogP) is 2.36. The number of ketones is 1. The number of furan rings is 1. The van der Waals surface area contributed by atoms with E-state index in [1.54, 1.807) is 6.07 Å². The average molecular weight is 250 g/mol. The molecule has 0 saturated carbocycles. The normalized spacial score (nSPS) is 31.9. The van der Waals surface area contributed by atoms with Crippen LogP contribution in [0.15, 0.2) is 16.5 Å². The van der Waals surface area contributed by atoms with Crippen molar-refractivity contribution in [3.63, 3.8) is 0 Å². The van der Waals surface area contributed by atoms with E-state index >= 15 is 0 Å². The molecule has 0 N–H and O–H groups in total. The van der Waals surface area contributed by atoms with Crippen molar-refractivity contribution in [2.45, 2.75) is 31.8 Å². The van der Waals surface area contributed by atoms with Crippen LogP contribution in [0.5, 0.6) is 0 Å². The second-order valence-electron chi connectivity index (χ2n) is 5.30. The van der Waals surface area contributed by atoms with Gasteiger partial charge in [0.05, 0.1) is 12.2 Å². The first-order valence-corrected chi connectivity index (χ1v) is 6.51. The number of aryl methyl sites for hydroxylation is 1. The third-order valence-corrected chi connectivity index (χ3v) is 3.91. The molecular formula is C14H18O4. The van der Waals surface area contributed by atoms with E-state index in [1.165, 1.54) is 0 Å². The number of Topliss-reactive ketones (excluding diaryl/α,β-unsaturated/α-hetero) is 1. The van der Waals surface area contributed by atoms with Crippen LogP contribution in [0.1, 0.15) is 35.6 Å². The molecule has 2 unspecified atom stereocenters. The maximum atomic E-state index is 12.4. The SMILES string of the molecule is Cc1ccc(C(=O)C2CCOC3(CCOC3)C2)o1. The predicted molar refractivity (Wildman–Crippen MR) is 64.6 cm³/mol. The quantitative estimate of drug-likeness (QED) is 0.756. The summed E-state index contributed by atoms with van der Waals surface area (Å²) in [6, 6.07) is 3.60. The molecule has 18 heavy (non-hydrogen) atoms. The molecule has 2 aliphatic heterocycles. The Balaban J connectivity index is 1.74. The minimum Gasteiger partial charge on any atom is -0.458 e. The molecule has 0 aliphatic carbocycles. The number of rotatable bonds is 2. The van der Waals surface area contributed by atoms with E-state index in [1.807, 2.05) is 13.0 Å². The smallest absolute Gasteiger partial charge is 0.201 e. The zero-order valence-corrected chi connectivity index (χ0v) is 10.6. The Morgan fingerprint density at radius 1 is 1.39 bits per heavy atom. The van der Waals surface area contributed by atoms with E-state index in [0.29, 0.717) is 19.0 Å². The molecule has 1 spiro atoms. The van der Waals surface area contributed by atoms with Crippen LogP contribution in [0.4, 0.5) is 0 Å². The van der Waals surface area contributed by atoms with Crippen LogP contribution in [-0.2, 0) is 9.47 Å². The van der Waals surface area contributed by atoms with Crippen LogP contribution in [0.2, 0.25) is 0 Å². The van der Waals surface area contributed by atoms with Gasteiger partial charge in [-0.2, -0.15) is 0 Å².